The number of carbonyl (C=O) groups is 2. The fourth-order valence-corrected chi connectivity index (χ4v) is 3.86. The molecule has 0 atom stereocenters. The molecule has 0 radical (unpaired) electrons. The molecule has 0 bridgehead atoms. The standard InChI is InChI=1S/C18H14Cl2N2O4S/c1-25-16(24)9-22-17-13(20)3-2-4-14(17)27-18(22)21-15(23)10-26-12-7-5-11(19)6-8-12/h2-8H,9-10H2,1H3. The number of esters is 1. The van der Waals surface area contributed by atoms with Crippen molar-refractivity contribution in [2.24, 2.45) is 4.99 Å². The maximum Gasteiger partial charge on any atom is 0.325 e. The number of hydrogen-bond acceptors (Lipinski definition) is 5. The molecule has 0 spiro atoms. The molecule has 0 fully saturated rings. The molecule has 1 aromatic heterocycles. The van der Waals surface area contributed by atoms with Crippen molar-refractivity contribution in [1.29, 1.82) is 0 Å². The third kappa shape index (κ3) is 4.68. The Morgan fingerprint density at radius 2 is 1.89 bits per heavy atom. The van der Waals surface area contributed by atoms with E-state index in [1.807, 2.05) is 6.07 Å². The summed E-state index contributed by atoms with van der Waals surface area (Å²) in [7, 11) is 1.29. The first kappa shape index (κ1) is 19.4. The highest BCUT2D eigenvalue weighted by molar-refractivity contribution is 7.16. The molecule has 0 aliphatic rings. The Balaban J connectivity index is 1.90. The summed E-state index contributed by atoms with van der Waals surface area (Å²) in [5.74, 6) is -0.461. The van der Waals surface area contributed by atoms with Gasteiger partial charge >= 0.3 is 5.97 Å². The van der Waals surface area contributed by atoms with Gasteiger partial charge in [0.25, 0.3) is 5.91 Å². The van der Waals surface area contributed by atoms with Crippen molar-refractivity contribution in [1.82, 2.24) is 4.57 Å². The van der Waals surface area contributed by atoms with Gasteiger partial charge in [0.15, 0.2) is 11.4 Å². The molecule has 6 nitrogen and oxygen atoms in total. The molecule has 3 aromatic rings. The number of aromatic nitrogens is 1. The molecule has 0 saturated carbocycles. The van der Waals surface area contributed by atoms with Crippen LogP contribution in [0.25, 0.3) is 10.2 Å². The number of methoxy groups -OCH3 is 1. The van der Waals surface area contributed by atoms with Crippen LogP contribution in [-0.2, 0) is 20.9 Å². The Labute approximate surface area is 168 Å². The van der Waals surface area contributed by atoms with Gasteiger partial charge in [-0.1, -0.05) is 40.6 Å². The summed E-state index contributed by atoms with van der Waals surface area (Å²) in [6.07, 6.45) is 0. The zero-order chi connectivity index (χ0) is 19.4. The third-order valence-electron chi connectivity index (χ3n) is 3.56. The predicted molar refractivity (Wildman–Crippen MR) is 104 cm³/mol. The van der Waals surface area contributed by atoms with Crippen molar-refractivity contribution < 1.29 is 19.1 Å². The summed E-state index contributed by atoms with van der Waals surface area (Å²) in [6, 6.07) is 12.0. The second-order valence-electron chi connectivity index (χ2n) is 5.38. The van der Waals surface area contributed by atoms with E-state index in [0.717, 1.165) is 4.70 Å². The van der Waals surface area contributed by atoms with Crippen molar-refractivity contribution in [2.45, 2.75) is 6.54 Å². The lowest BCUT2D eigenvalue weighted by Crippen LogP contribution is -2.23. The van der Waals surface area contributed by atoms with Gasteiger partial charge in [-0.3, -0.25) is 9.59 Å². The van der Waals surface area contributed by atoms with Gasteiger partial charge in [-0.05, 0) is 36.4 Å². The van der Waals surface area contributed by atoms with Crippen LogP contribution < -0.4 is 9.54 Å². The average Bonchev–Trinajstić information content (AvgIpc) is 2.99. The molecule has 0 unspecified atom stereocenters. The molecule has 1 amide bonds. The summed E-state index contributed by atoms with van der Waals surface area (Å²) in [4.78, 5) is 28.4. The molecule has 3 rings (SSSR count). The summed E-state index contributed by atoms with van der Waals surface area (Å²) in [6.45, 7) is -0.355. The normalized spacial score (nSPS) is 11.6. The lowest BCUT2D eigenvalue weighted by molar-refractivity contribution is -0.141. The number of para-hydroxylation sites is 1. The van der Waals surface area contributed by atoms with Crippen LogP contribution in [0.4, 0.5) is 0 Å². The molecule has 0 saturated heterocycles. The van der Waals surface area contributed by atoms with Crippen LogP contribution in [-0.4, -0.2) is 30.2 Å². The average molecular weight is 425 g/mol. The van der Waals surface area contributed by atoms with Crippen molar-refractivity contribution in [3.8, 4) is 5.75 Å². The lowest BCUT2D eigenvalue weighted by atomic mass is 10.3. The number of fused-ring (bicyclic) bond motifs is 1. The molecule has 2 aromatic carbocycles. The third-order valence-corrected chi connectivity index (χ3v) is 5.16. The number of halogens is 2. The fourth-order valence-electron chi connectivity index (χ4n) is 2.33. The van der Waals surface area contributed by atoms with Crippen LogP contribution in [0.1, 0.15) is 0 Å². The number of benzene rings is 2. The first-order valence-corrected chi connectivity index (χ1v) is 9.36. The topological polar surface area (TPSA) is 69.9 Å². The van der Waals surface area contributed by atoms with Gasteiger partial charge in [0.2, 0.25) is 0 Å². The van der Waals surface area contributed by atoms with Crippen LogP contribution in [0.3, 0.4) is 0 Å². The molecule has 9 heteroatoms. The molecule has 27 heavy (non-hydrogen) atoms. The minimum atomic E-state index is -0.494. The SMILES string of the molecule is COC(=O)Cn1c(=NC(=O)COc2ccc(Cl)cc2)sc2cccc(Cl)c21. The quantitative estimate of drug-likeness (QED) is 0.585. The number of rotatable bonds is 5. The number of amides is 1. The molecule has 0 N–H and O–H groups in total. The monoisotopic (exact) mass is 424 g/mol. The summed E-state index contributed by atoms with van der Waals surface area (Å²) < 4.78 is 12.5. The minimum absolute atomic E-state index is 0.107. The number of nitrogens with zero attached hydrogens (tertiary/aromatic N) is 2. The zero-order valence-electron chi connectivity index (χ0n) is 14.1. The van der Waals surface area contributed by atoms with E-state index < -0.39 is 11.9 Å². The van der Waals surface area contributed by atoms with E-state index in [2.05, 4.69) is 4.99 Å². The van der Waals surface area contributed by atoms with E-state index in [0.29, 0.717) is 26.1 Å². The van der Waals surface area contributed by atoms with Gasteiger partial charge in [-0.2, -0.15) is 4.99 Å². The Morgan fingerprint density at radius 1 is 1.15 bits per heavy atom. The fraction of sp³-hybridized carbons (Fsp3) is 0.167. The van der Waals surface area contributed by atoms with Crippen LogP contribution in [0, 0.1) is 0 Å². The Morgan fingerprint density at radius 3 is 2.59 bits per heavy atom. The van der Waals surface area contributed by atoms with Gasteiger partial charge in [-0.25, -0.2) is 0 Å². The highest BCUT2D eigenvalue weighted by atomic mass is 35.5. The molecule has 0 aliphatic carbocycles. The van der Waals surface area contributed by atoms with Gasteiger partial charge < -0.3 is 14.0 Å². The lowest BCUT2D eigenvalue weighted by Gasteiger charge is -2.05. The molecule has 1 heterocycles. The summed E-state index contributed by atoms with van der Waals surface area (Å²) >= 11 is 13.3. The Kier molecular flexibility index (Phi) is 6.15. The van der Waals surface area contributed by atoms with E-state index in [4.69, 9.17) is 32.7 Å². The second kappa shape index (κ2) is 8.56. The molecule has 140 valence electrons. The van der Waals surface area contributed by atoms with Crippen LogP contribution >= 0.6 is 34.5 Å². The Hall–Kier alpha value is -2.35. The van der Waals surface area contributed by atoms with Crippen molar-refractivity contribution in [3.63, 3.8) is 0 Å². The van der Waals surface area contributed by atoms with Crippen molar-refractivity contribution in [2.75, 3.05) is 13.7 Å². The van der Waals surface area contributed by atoms with E-state index in [-0.39, 0.29) is 13.2 Å². The van der Waals surface area contributed by atoms with Gasteiger partial charge in [0, 0.05) is 5.02 Å². The van der Waals surface area contributed by atoms with Crippen LogP contribution in [0.5, 0.6) is 5.75 Å². The smallest absolute Gasteiger partial charge is 0.325 e. The number of carbonyl (C=O) groups excluding carboxylic acids is 2. The summed E-state index contributed by atoms with van der Waals surface area (Å²) in [5, 5.41) is 1.03. The van der Waals surface area contributed by atoms with E-state index in [1.165, 1.54) is 18.4 Å². The first-order chi connectivity index (χ1) is 13.0. The van der Waals surface area contributed by atoms with Crippen molar-refractivity contribution in [3.05, 3.63) is 57.3 Å². The van der Waals surface area contributed by atoms with Gasteiger partial charge in [0.05, 0.1) is 22.3 Å². The molecule has 0 aliphatic heterocycles. The largest absolute Gasteiger partial charge is 0.484 e. The Bertz CT molecular complexity index is 1060. The van der Waals surface area contributed by atoms with Gasteiger partial charge in [-0.15, -0.1) is 0 Å². The molecular weight excluding hydrogens is 411 g/mol. The van der Waals surface area contributed by atoms with Crippen LogP contribution in [0.15, 0.2) is 47.5 Å². The minimum Gasteiger partial charge on any atom is -0.484 e. The van der Waals surface area contributed by atoms with E-state index in [1.54, 1.807) is 41.0 Å². The second-order valence-corrected chi connectivity index (χ2v) is 7.23. The zero-order valence-corrected chi connectivity index (χ0v) is 16.5. The maximum atomic E-state index is 12.2. The first-order valence-electron chi connectivity index (χ1n) is 7.78. The molecular formula is C18H14Cl2N2O4S. The predicted octanol–water partition coefficient (Wildman–Crippen LogP) is 3.69. The van der Waals surface area contributed by atoms with E-state index in [9.17, 15) is 9.59 Å². The maximum absolute atomic E-state index is 12.2. The van der Waals surface area contributed by atoms with E-state index >= 15 is 0 Å². The van der Waals surface area contributed by atoms with Crippen molar-refractivity contribution >= 4 is 56.6 Å². The number of thiazole rings is 1. The highest BCUT2D eigenvalue weighted by Crippen LogP contribution is 2.25. The van der Waals surface area contributed by atoms with Crippen LogP contribution in [0.2, 0.25) is 10.0 Å². The number of ether oxygens (including phenoxy) is 2. The summed E-state index contributed by atoms with van der Waals surface area (Å²) in [5.41, 5.74) is 0.625. The number of hydrogen-bond donors (Lipinski definition) is 0. The highest BCUT2D eigenvalue weighted by Gasteiger charge is 2.14. The van der Waals surface area contributed by atoms with Gasteiger partial charge in [0.1, 0.15) is 12.3 Å².